The van der Waals surface area contributed by atoms with Gasteiger partial charge in [0.1, 0.15) is 6.04 Å². The molecule has 0 bridgehead atoms. The predicted octanol–water partition coefficient (Wildman–Crippen LogP) is 4.22. The van der Waals surface area contributed by atoms with Crippen LogP contribution in [0.3, 0.4) is 0 Å². The summed E-state index contributed by atoms with van der Waals surface area (Å²) in [6.07, 6.45) is 1.43. The molecule has 2 amide bonds. The smallest absolute Gasteiger partial charge is 0.242 e. The molecular formula is C22H27ClN2O2. The molecular weight excluding hydrogens is 360 g/mol. The Morgan fingerprint density at radius 1 is 1.04 bits per heavy atom. The molecule has 1 N–H and O–H groups in total. The summed E-state index contributed by atoms with van der Waals surface area (Å²) in [7, 11) is 0. The number of nitrogens with zero attached hydrogens (tertiary/aromatic N) is 1. The van der Waals surface area contributed by atoms with E-state index in [1.165, 1.54) is 0 Å². The molecule has 1 atom stereocenters. The van der Waals surface area contributed by atoms with E-state index in [2.05, 4.69) is 5.32 Å². The highest BCUT2D eigenvalue weighted by molar-refractivity contribution is 6.31. The van der Waals surface area contributed by atoms with E-state index in [-0.39, 0.29) is 11.8 Å². The van der Waals surface area contributed by atoms with Gasteiger partial charge in [-0.2, -0.15) is 0 Å². The van der Waals surface area contributed by atoms with E-state index in [1.54, 1.807) is 4.90 Å². The Hall–Kier alpha value is -2.33. The third-order valence-electron chi connectivity index (χ3n) is 4.50. The quantitative estimate of drug-likeness (QED) is 0.701. The molecule has 1 unspecified atom stereocenters. The molecule has 27 heavy (non-hydrogen) atoms. The largest absolute Gasteiger partial charge is 0.355 e. The number of carbonyl (C=O) groups is 2. The highest BCUT2D eigenvalue weighted by Gasteiger charge is 2.28. The van der Waals surface area contributed by atoms with E-state index >= 15 is 0 Å². The van der Waals surface area contributed by atoms with Gasteiger partial charge < -0.3 is 10.2 Å². The van der Waals surface area contributed by atoms with E-state index in [9.17, 15) is 9.59 Å². The van der Waals surface area contributed by atoms with Crippen LogP contribution in [0.2, 0.25) is 5.02 Å². The van der Waals surface area contributed by atoms with Gasteiger partial charge in [0.25, 0.3) is 0 Å². The number of aryl methyl sites for hydroxylation is 1. The van der Waals surface area contributed by atoms with Crippen molar-refractivity contribution in [3.8, 4) is 0 Å². The second kappa shape index (κ2) is 10.7. The standard InChI is InChI=1S/C22H27ClN2O2/c1-3-20(22(27)24-4-2)25(16-17-10-6-5-7-11-17)21(26)15-14-18-12-8-9-13-19(18)23/h5-13,20H,3-4,14-16H2,1-2H3,(H,24,27). The first kappa shape index (κ1) is 21.0. The zero-order chi connectivity index (χ0) is 19.6. The van der Waals surface area contributed by atoms with Crippen molar-refractivity contribution in [2.75, 3.05) is 6.54 Å². The lowest BCUT2D eigenvalue weighted by Crippen LogP contribution is -2.49. The summed E-state index contributed by atoms with van der Waals surface area (Å²) in [5.41, 5.74) is 1.95. The molecule has 0 saturated heterocycles. The number of halogens is 1. The molecule has 2 rings (SSSR count). The third-order valence-corrected chi connectivity index (χ3v) is 4.87. The van der Waals surface area contributed by atoms with Gasteiger partial charge in [0.2, 0.25) is 11.8 Å². The molecule has 144 valence electrons. The molecule has 4 nitrogen and oxygen atoms in total. The molecule has 0 saturated carbocycles. The van der Waals surface area contributed by atoms with Gasteiger partial charge in [0, 0.05) is 24.5 Å². The van der Waals surface area contributed by atoms with Crippen molar-refractivity contribution in [3.63, 3.8) is 0 Å². The van der Waals surface area contributed by atoms with Crippen molar-refractivity contribution in [1.29, 1.82) is 0 Å². The number of nitrogens with one attached hydrogen (secondary N) is 1. The van der Waals surface area contributed by atoms with Crippen LogP contribution in [-0.2, 0) is 22.6 Å². The number of hydrogen-bond donors (Lipinski definition) is 1. The van der Waals surface area contributed by atoms with E-state index in [1.807, 2.05) is 68.4 Å². The fourth-order valence-corrected chi connectivity index (χ4v) is 3.31. The first-order valence-corrected chi connectivity index (χ1v) is 9.79. The number of likely N-dealkylation sites (N-methyl/N-ethyl adjacent to an activating group) is 1. The van der Waals surface area contributed by atoms with Crippen LogP contribution in [0.4, 0.5) is 0 Å². The van der Waals surface area contributed by atoms with Crippen LogP contribution in [-0.4, -0.2) is 29.3 Å². The summed E-state index contributed by atoms with van der Waals surface area (Å²) in [4.78, 5) is 27.2. The minimum absolute atomic E-state index is 0.0446. The fourth-order valence-electron chi connectivity index (χ4n) is 3.08. The highest BCUT2D eigenvalue weighted by Crippen LogP contribution is 2.19. The van der Waals surface area contributed by atoms with Gasteiger partial charge >= 0.3 is 0 Å². The Balaban J connectivity index is 2.17. The molecule has 0 aliphatic carbocycles. The molecule has 2 aromatic carbocycles. The Labute approximate surface area is 166 Å². The number of carbonyl (C=O) groups excluding carboxylic acids is 2. The van der Waals surface area contributed by atoms with Crippen LogP contribution in [0.25, 0.3) is 0 Å². The third kappa shape index (κ3) is 6.10. The molecule has 0 aliphatic heterocycles. The first-order valence-electron chi connectivity index (χ1n) is 9.41. The highest BCUT2D eigenvalue weighted by atomic mass is 35.5. The van der Waals surface area contributed by atoms with Gasteiger partial charge in [-0.25, -0.2) is 0 Å². The lowest BCUT2D eigenvalue weighted by atomic mass is 10.1. The van der Waals surface area contributed by atoms with Gasteiger partial charge in [-0.05, 0) is 37.0 Å². The van der Waals surface area contributed by atoms with Gasteiger partial charge in [-0.15, -0.1) is 0 Å². The maximum Gasteiger partial charge on any atom is 0.242 e. The van der Waals surface area contributed by atoms with Crippen molar-refractivity contribution in [1.82, 2.24) is 10.2 Å². The molecule has 2 aromatic rings. The van der Waals surface area contributed by atoms with Crippen LogP contribution in [0.1, 0.15) is 37.8 Å². The number of hydrogen-bond acceptors (Lipinski definition) is 2. The maximum atomic E-state index is 13.0. The summed E-state index contributed by atoms with van der Waals surface area (Å²) in [5, 5.41) is 3.51. The van der Waals surface area contributed by atoms with Crippen LogP contribution < -0.4 is 5.32 Å². The topological polar surface area (TPSA) is 49.4 Å². The molecule has 0 aromatic heterocycles. The summed E-state index contributed by atoms with van der Waals surface area (Å²) in [6, 6.07) is 16.8. The number of rotatable bonds is 9. The second-order valence-electron chi connectivity index (χ2n) is 6.42. The van der Waals surface area contributed by atoms with Gasteiger partial charge in [-0.3, -0.25) is 9.59 Å². The lowest BCUT2D eigenvalue weighted by Gasteiger charge is -2.30. The number of amides is 2. The van der Waals surface area contributed by atoms with Crippen molar-refractivity contribution >= 4 is 23.4 Å². The Bertz CT molecular complexity index is 749. The van der Waals surface area contributed by atoms with Crippen LogP contribution in [0.5, 0.6) is 0 Å². The second-order valence-corrected chi connectivity index (χ2v) is 6.82. The minimum atomic E-state index is -0.482. The average Bonchev–Trinajstić information content (AvgIpc) is 2.68. The van der Waals surface area contributed by atoms with E-state index in [0.717, 1.165) is 11.1 Å². The normalized spacial score (nSPS) is 11.7. The summed E-state index contributed by atoms with van der Waals surface area (Å²) >= 11 is 6.21. The Morgan fingerprint density at radius 2 is 1.70 bits per heavy atom. The zero-order valence-corrected chi connectivity index (χ0v) is 16.7. The molecule has 0 fully saturated rings. The predicted molar refractivity (Wildman–Crippen MR) is 110 cm³/mol. The van der Waals surface area contributed by atoms with Crippen molar-refractivity contribution in [2.45, 2.75) is 45.7 Å². The summed E-state index contributed by atoms with van der Waals surface area (Å²) < 4.78 is 0. The Kier molecular flexibility index (Phi) is 8.34. The SMILES string of the molecule is CCNC(=O)C(CC)N(Cc1ccccc1)C(=O)CCc1ccccc1Cl. The molecule has 0 spiro atoms. The van der Waals surface area contributed by atoms with E-state index < -0.39 is 6.04 Å². The van der Waals surface area contributed by atoms with E-state index in [0.29, 0.717) is 37.4 Å². The average molecular weight is 387 g/mol. The van der Waals surface area contributed by atoms with Gasteiger partial charge in [0.15, 0.2) is 0 Å². The monoisotopic (exact) mass is 386 g/mol. The molecule has 0 heterocycles. The van der Waals surface area contributed by atoms with Crippen molar-refractivity contribution in [3.05, 3.63) is 70.7 Å². The summed E-state index contributed by atoms with van der Waals surface area (Å²) in [5.74, 6) is -0.154. The molecule has 0 radical (unpaired) electrons. The van der Waals surface area contributed by atoms with Gasteiger partial charge in [-0.1, -0.05) is 67.1 Å². The van der Waals surface area contributed by atoms with Crippen LogP contribution in [0.15, 0.2) is 54.6 Å². The number of benzene rings is 2. The molecule has 5 heteroatoms. The lowest BCUT2D eigenvalue weighted by molar-refractivity contribution is -0.141. The Morgan fingerprint density at radius 3 is 2.33 bits per heavy atom. The van der Waals surface area contributed by atoms with Crippen molar-refractivity contribution in [2.24, 2.45) is 0 Å². The van der Waals surface area contributed by atoms with Crippen LogP contribution >= 0.6 is 11.6 Å². The zero-order valence-electron chi connectivity index (χ0n) is 16.0. The maximum absolute atomic E-state index is 13.0. The van der Waals surface area contributed by atoms with E-state index in [4.69, 9.17) is 11.6 Å². The first-order chi connectivity index (χ1) is 13.1. The summed E-state index contributed by atoms with van der Waals surface area (Å²) in [6.45, 7) is 4.77. The molecule has 0 aliphatic rings. The fraction of sp³-hybridized carbons (Fsp3) is 0.364. The minimum Gasteiger partial charge on any atom is -0.355 e. The van der Waals surface area contributed by atoms with Gasteiger partial charge in [0.05, 0.1) is 0 Å². The van der Waals surface area contributed by atoms with Crippen molar-refractivity contribution < 1.29 is 9.59 Å². The van der Waals surface area contributed by atoms with Crippen LogP contribution in [0, 0.1) is 0 Å².